The highest BCUT2D eigenvalue weighted by molar-refractivity contribution is 5.78. The van der Waals surface area contributed by atoms with E-state index in [9.17, 15) is 86.3 Å². The summed E-state index contributed by atoms with van der Waals surface area (Å²) in [6.07, 6.45) is 34.1. The normalized spacial score (nSPS) is 11.2. The van der Waals surface area contributed by atoms with Gasteiger partial charge in [0.2, 0.25) is 0 Å². The topological polar surface area (TPSA) is 494 Å². The molecule has 0 aromatic rings. The van der Waals surface area contributed by atoms with E-state index in [0.29, 0.717) is 283 Å². The van der Waals surface area contributed by atoms with Gasteiger partial charge in [-0.05, 0) is 309 Å². The average molecular weight is 2060 g/mol. The van der Waals surface area contributed by atoms with Gasteiger partial charge >= 0.3 is 107 Å². The molecule has 0 saturated heterocycles. The van der Waals surface area contributed by atoms with Crippen molar-refractivity contribution in [2.45, 2.75) is 451 Å². The molecule has 0 bridgehead atoms. The first-order valence-corrected chi connectivity index (χ1v) is 54.1. The molecule has 1 N–H and O–H groups in total. The molecule has 0 rings (SSSR count). The van der Waals surface area contributed by atoms with Gasteiger partial charge in [-0.2, -0.15) is 0 Å². The van der Waals surface area contributed by atoms with Crippen molar-refractivity contribution >= 4 is 107 Å². The van der Waals surface area contributed by atoms with Gasteiger partial charge in [0.15, 0.2) is 6.10 Å². The van der Waals surface area contributed by atoms with Gasteiger partial charge in [-0.25, -0.2) is 0 Å². The van der Waals surface area contributed by atoms with E-state index in [1.165, 1.54) is 0 Å². The lowest BCUT2D eigenvalue weighted by Gasteiger charge is -2.23. The Kier molecular flexibility index (Phi) is 91.6. The molecule has 144 heavy (non-hydrogen) atoms. The van der Waals surface area contributed by atoms with Gasteiger partial charge < -0.3 is 90.4 Å². The fourth-order valence-corrected chi connectivity index (χ4v) is 13.6. The maximum atomic E-state index is 12.4. The zero-order chi connectivity index (χ0) is 106. The summed E-state index contributed by atoms with van der Waals surface area (Å²) >= 11 is 0. The number of hydrogen-bond acceptors (Lipinski definition) is 36. The minimum absolute atomic E-state index is 0.0482. The van der Waals surface area contributed by atoms with E-state index in [1.807, 2.05) is 6.92 Å². The first-order chi connectivity index (χ1) is 69.6. The minimum atomic E-state index is -1.18. The molecule has 0 saturated carbocycles. The van der Waals surface area contributed by atoms with Crippen LogP contribution in [0.2, 0.25) is 0 Å². The van der Waals surface area contributed by atoms with Crippen LogP contribution in [0.5, 0.6) is 0 Å². The Morgan fingerprint density at radius 1 is 0.181 bits per heavy atom. The predicted octanol–water partition coefficient (Wildman–Crippen LogP) is 19.1. The fraction of sp³-hybridized carbons (Fsp3) is 0.832. The Balaban J connectivity index is 3.60. The Labute approximate surface area is 855 Å². The molecule has 0 fully saturated rings. The zero-order valence-corrected chi connectivity index (χ0v) is 87.9. The number of carboxylic acid groups (broad SMARTS) is 1. The molecular formula is C107H180O37. The first-order valence-electron chi connectivity index (χ1n) is 54.1. The molecule has 37 heteroatoms. The third kappa shape index (κ3) is 95.9. The first kappa shape index (κ1) is 134. The molecule has 0 aliphatic rings. The number of aliphatic carboxylic acids is 1. The quantitative estimate of drug-likeness (QED) is 0.0336. The number of unbranched alkanes of at least 4 members (excludes halogenated alkanes) is 31. The minimum Gasteiger partial charge on any atom is -0.481 e. The Morgan fingerprint density at radius 3 is 0.507 bits per heavy atom. The maximum absolute atomic E-state index is 12.4. The van der Waals surface area contributed by atoms with Crippen molar-refractivity contribution < 1.29 is 177 Å². The van der Waals surface area contributed by atoms with E-state index in [2.05, 4.69) is 6.92 Å². The lowest BCUT2D eigenvalue weighted by molar-refractivity contribution is -0.170. The molecule has 0 aliphatic heterocycles. The molecular weight excluding hydrogens is 1880 g/mol. The number of carbonyl (C=O) groups excluding carboxylic acids is 17. The molecule has 0 heterocycles. The van der Waals surface area contributed by atoms with Gasteiger partial charge in [0.1, 0.15) is 13.2 Å². The Morgan fingerprint density at radius 2 is 0.340 bits per heavy atom. The molecule has 37 nitrogen and oxygen atoms in total. The molecule has 0 spiro atoms. The average Bonchev–Trinajstić information content (AvgIpc) is 0.883. The number of ether oxygens (including phenoxy) is 18. The monoisotopic (exact) mass is 2060 g/mol. The van der Waals surface area contributed by atoms with Crippen molar-refractivity contribution in [3.8, 4) is 0 Å². The van der Waals surface area contributed by atoms with Crippen LogP contribution in [0.25, 0.3) is 0 Å². The van der Waals surface area contributed by atoms with Gasteiger partial charge in [-0.15, -0.1) is 0 Å². The van der Waals surface area contributed by atoms with Crippen LogP contribution in [-0.2, 0) is 172 Å². The van der Waals surface area contributed by atoms with E-state index >= 15 is 0 Å². The van der Waals surface area contributed by atoms with Crippen LogP contribution in [0.15, 0.2) is 0 Å². The number of carbonyl (C=O) groups is 18. The molecule has 1 atom stereocenters. The van der Waals surface area contributed by atoms with Gasteiger partial charge in [-0.3, -0.25) is 86.3 Å². The van der Waals surface area contributed by atoms with Crippen molar-refractivity contribution in [3.63, 3.8) is 0 Å². The van der Waals surface area contributed by atoms with Crippen molar-refractivity contribution in [3.05, 3.63) is 0 Å². The summed E-state index contributed by atoms with van der Waals surface area (Å²) in [6, 6.07) is 0. The molecule has 830 valence electrons. The molecule has 0 aromatic carbocycles. The van der Waals surface area contributed by atoms with Crippen molar-refractivity contribution in [1.29, 1.82) is 0 Å². The standard InChI is InChI=1S/C107H180O37/c1-5-7-70-127-71-38-8-23-53-90(110)128-72-39-9-24-54-91(111)129-73-40-10-25-55-92(112)130-74-41-11-26-56-93(113)131-75-42-12-27-57-94(114)132-76-43-13-28-58-95(115)133-77-44-14-29-59-96(116)134-78-45-15-30-60-97(117)135-79-46-16-31-61-98(118)136-80-47-17-32-62-99(119)137-81-48-18-33-63-100(120)138-82-49-19-34-64-101(121)139-83-50-20-35-65-102(122)140-84-51-21-36-66-103(123)141-85-52-22-37-67-104(124)142-86-88(144-105(125)69-68-89(108)109)87-143-106(126)107(3,4)6-2/h88H,5-87H2,1-4H3,(H,108,109). The van der Waals surface area contributed by atoms with E-state index in [1.54, 1.807) is 13.8 Å². The fourth-order valence-electron chi connectivity index (χ4n) is 13.6. The zero-order valence-electron chi connectivity index (χ0n) is 87.9. The van der Waals surface area contributed by atoms with Crippen LogP contribution in [-0.4, -0.2) is 238 Å². The van der Waals surface area contributed by atoms with Crippen molar-refractivity contribution in [2.24, 2.45) is 5.41 Å². The highest BCUT2D eigenvalue weighted by atomic mass is 16.6. The maximum Gasteiger partial charge on any atom is 0.311 e. The van der Waals surface area contributed by atoms with E-state index in [4.69, 9.17) is 90.4 Å². The summed E-state index contributed by atoms with van der Waals surface area (Å²) in [4.78, 5) is 218. The molecule has 0 radical (unpaired) electrons. The number of carboxylic acids is 1. The van der Waals surface area contributed by atoms with Crippen LogP contribution in [0, 0.1) is 5.41 Å². The number of esters is 17. The summed E-state index contributed by atoms with van der Waals surface area (Å²) < 4.78 is 95.6. The van der Waals surface area contributed by atoms with Crippen LogP contribution < -0.4 is 0 Å². The van der Waals surface area contributed by atoms with Crippen LogP contribution >= 0.6 is 0 Å². The van der Waals surface area contributed by atoms with Crippen LogP contribution in [0.1, 0.15) is 445 Å². The smallest absolute Gasteiger partial charge is 0.311 e. The Hall–Kier alpha value is -9.58. The summed E-state index contributed by atoms with van der Waals surface area (Å²) in [5.74, 6) is -7.18. The Bertz CT molecular complexity index is 3350. The van der Waals surface area contributed by atoms with Gasteiger partial charge in [-0.1, -0.05) is 26.7 Å². The highest BCUT2D eigenvalue weighted by Crippen LogP contribution is 2.23. The van der Waals surface area contributed by atoms with Gasteiger partial charge in [0.05, 0.1) is 111 Å². The van der Waals surface area contributed by atoms with Crippen molar-refractivity contribution in [1.82, 2.24) is 0 Å². The second kappa shape index (κ2) is 98.1. The number of hydrogen-bond donors (Lipinski definition) is 1. The second-order valence-corrected chi connectivity index (χ2v) is 36.7. The third-order valence-electron chi connectivity index (χ3n) is 23.0. The van der Waals surface area contributed by atoms with Crippen LogP contribution in [0.4, 0.5) is 0 Å². The molecule has 1 unspecified atom stereocenters. The summed E-state index contributed by atoms with van der Waals surface area (Å²) in [6.45, 7) is 11.9. The summed E-state index contributed by atoms with van der Waals surface area (Å²) in [5, 5.41) is 8.85. The lowest BCUT2D eigenvalue weighted by Crippen LogP contribution is -2.34. The largest absolute Gasteiger partial charge is 0.481 e. The van der Waals surface area contributed by atoms with Gasteiger partial charge in [0, 0.05) is 110 Å². The lowest BCUT2D eigenvalue weighted by atomic mass is 9.91. The SMILES string of the molecule is CCCCOCCCCCC(=O)OCCCCCC(=O)OCCCCCC(=O)OCCCCCC(=O)OCCCCCC(=O)OCCCCCC(=O)OCCCCCC(=O)OCCCCCC(=O)OCCCCCC(=O)OCCCCCC(=O)OCCCCCC(=O)OCCCCCC(=O)OCCCCCC(=O)OCCCCCC(=O)OCCCCCC(=O)OCC(COC(=O)C(C)(C)CC)OC(=O)CCC(=O)O. The van der Waals surface area contributed by atoms with E-state index < -0.39 is 48.2 Å². The molecule has 0 amide bonds. The highest BCUT2D eigenvalue weighted by Gasteiger charge is 2.30. The molecule has 0 aromatic heterocycles. The van der Waals surface area contributed by atoms with E-state index in [-0.39, 0.29) is 260 Å². The van der Waals surface area contributed by atoms with Crippen LogP contribution in [0.3, 0.4) is 0 Å². The van der Waals surface area contributed by atoms with E-state index in [0.717, 1.165) is 64.6 Å². The van der Waals surface area contributed by atoms with Gasteiger partial charge in [0.25, 0.3) is 0 Å². The number of rotatable bonds is 103. The summed E-state index contributed by atoms with van der Waals surface area (Å²) in [7, 11) is 0. The second-order valence-electron chi connectivity index (χ2n) is 36.7. The summed E-state index contributed by atoms with van der Waals surface area (Å²) in [5.41, 5.74) is -0.782. The predicted molar refractivity (Wildman–Crippen MR) is 529 cm³/mol. The third-order valence-corrected chi connectivity index (χ3v) is 23.0. The van der Waals surface area contributed by atoms with Crippen molar-refractivity contribution in [2.75, 3.05) is 119 Å². The molecule has 0 aliphatic carbocycles.